The van der Waals surface area contributed by atoms with Crippen molar-refractivity contribution in [3.63, 3.8) is 0 Å². The smallest absolute Gasteiger partial charge is 0.325 e. The fourth-order valence-corrected chi connectivity index (χ4v) is 5.28. The SMILES string of the molecule is O=C1N[C@]2(CCCc3sccc32)C(=O)N1Cc1nc(-c2ccsc2)no1. The molecule has 0 aromatic carbocycles. The van der Waals surface area contributed by atoms with Gasteiger partial charge < -0.3 is 9.84 Å². The van der Waals surface area contributed by atoms with E-state index < -0.39 is 11.6 Å². The van der Waals surface area contributed by atoms with Crippen LogP contribution in [-0.4, -0.2) is 27.0 Å². The van der Waals surface area contributed by atoms with Crippen LogP contribution in [0.2, 0.25) is 0 Å². The summed E-state index contributed by atoms with van der Waals surface area (Å²) in [6.45, 7) is -0.0248. The number of nitrogens with one attached hydrogen (secondary N) is 1. The van der Waals surface area contributed by atoms with Gasteiger partial charge in [-0.15, -0.1) is 11.3 Å². The Morgan fingerprint density at radius 2 is 2.23 bits per heavy atom. The first-order chi connectivity index (χ1) is 12.7. The van der Waals surface area contributed by atoms with Crippen molar-refractivity contribution in [1.82, 2.24) is 20.4 Å². The van der Waals surface area contributed by atoms with E-state index in [9.17, 15) is 9.59 Å². The highest BCUT2D eigenvalue weighted by Crippen LogP contribution is 2.42. The minimum atomic E-state index is -0.944. The van der Waals surface area contributed by atoms with E-state index in [0.29, 0.717) is 12.2 Å². The van der Waals surface area contributed by atoms with Gasteiger partial charge in [-0.25, -0.2) is 4.79 Å². The van der Waals surface area contributed by atoms with Gasteiger partial charge in [0, 0.05) is 21.4 Å². The van der Waals surface area contributed by atoms with Crippen LogP contribution < -0.4 is 5.32 Å². The summed E-state index contributed by atoms with van der Waals surface area (Å²) in [6.07, 6.45) is 2.43. The molecule has 1 atom stereocenters. The average molecular weight is 386 g/mol. The Bertz CT molecular complexity index is 994. The Balaban J connectivity index is 1.43. The van der Waals surface area contributed by atoms with E-state index in [2.05, 4.69) is 15.5 Å². The second-order valence-corrected chi connectivity index (χ2v) is 8.14. The standard InChI is InChI=1S/C17H14N4O3S2/c22-15-17(5-1-2-12-11(17)4-7-26-12)19-16(23)21(15)8-13-18-14(20-24-13)10-3-6-25-9-10/h3-4,6-7,9H,1-2,5,8H2,(H,19,23)/t17-/m0/s1. The zero-order chi connectivity index (χ0) is 17.7. The molecule has 0 radical (unpaired) electrons. The molecule has 0 unspecified atom stereocenters. The molecule has 0 saturated carbocycles. The molecule has 5 rings (SSSR count). The number of imide groups is 1. The number of rotatable bonds is 3. The molecule has 9 heteroatoms. The van der Waals surface area contributed by atoms with Gasteiger partial charge in [-0.2, -0.15) is 16.3 Å². The van der Waals surface area contributed by atoms with Crippen molar-refractivity contribution < 1.29 is 14.1 Å². The highest BCUT2D eigenvalue weighted by molar-refractivity contribution is 7.10. The van der Waals surface area contributed by atoms with E-state index in [1.165, 1.54) is 21.1 Å². The predicted octanol–water partition coefficient (Wildman–Crippen LogP) is 3.14. The van der Waals surface area contributed by atoms with Gasteiger partial charge in [0.15, 0.2) is 0 Å². The third-order valence-corrected chi connectivity index (χ3v) is 6.54. The lowest BCUT2D eigenvalue weighted by Crippen LogP contribution is -2.46. The largest absolute Gasteiger partial charge is 0.337 e. The van der Waals surface area contributed by atoms with E-state index in [1.807, 2.05) is 28.3 Å². The van der Waals surface area contributed by atoms with Gasteiger partial charge >= 0.3 is 6.03 Å². The zero-order valence-electron chi connectivity index (χ0n) is 13.6. The number of urea groups is 1. The van der Waals surface area contributed by atoms with E-state index >= 15 is 0 Å². The Morgan fingerprint density at radius 1 is 1.31 bits per heavy atom. The van der Waals surface area contributed by atoms with Crippen LogP contribution in [0.5, 0.6) is 0 Å². The van der Waals surface area contributed by atoms with E-state index in [-0.39, 0.29) is 18.3 Å². The fourth-order valence-electron chi connectivity index (χ4n) is 3.65. The quantitative estimate of drug-likeness (QED) is 0.699. The van der Waals surface area contributed by atoms with Crippen molar-refractivity contribution in [3.05, 3.63) is 44.6 Å². The van der Waals surface area contributed by atoms with Gasteiger partial charge in [-0.1, -0.05) is 5.16 Å². The maximum Gasteiger partial charge on any atom is 0.325 e. The summed E-state index contributed by atoms with van der Waals surface area (Å²) < 4.78 is 5.25. The number of carbonyl (C=O) groups is 2. The zero-order valence-corrected chi connectivity index (χ0v) is 15.2. The number of fused-ring (bicyclic) bond motifs is 2. The van der Waals surface area contributed by atoms with Crippen LogP contribution in [0.4, 0.5) is 4.79 Å². The molecule has 3 aromatic rings. The number of carbonyl (C=O) groups excluding carboxylic acids is 2. The average Bonchev–Trinajstić information content (AvgIpc) is 3.41. The monoisotopic (exact) mass is 386 g/mol. The molecule has 1 fully saturated rings. The molecule has 1 aliphatic heterocycles. The normalized spacial score (nSPS) is 22.1. The van der Waals surface area contributed by atoms with Crippen LogP contribution in [0.3, 0.4) is 0 Å². The van der Waals surface area contributed by atoms with Crippen molar-refractivity contribution in [1.29, 1.82) is 0 Å². The maximum absolute atomic E-state index is 13.2. The van der Waals surface area contributed by atoms with Gasteiger partial charge in [-0.05, 0) is 42.2 Å². The third kappa shape index (κ3) is 2.24. The minimum Gasteiger partial charge on any atom is -0.337 e. The summed E-state index contributed by atoms with van der Waals surface area (Å²) in [5.41, 5.74) is 0.842. The highest BCUT2D eigenvalue weighted by Gasteiger charge is 2.54. The lowest BCUT2D eigenvalue weighted by Gasteiger charge is -2.31. The molecule has 0 bridgehead atoms. The van der Waals surface area contributed by atoms with Gasteiger partial charge in [0.1, 0.15) is 12.1 Å². The van der Waals surface area contributed by atoms with Gasteiger partial charge in [0.25, 0.3) is 5.91 Å². The fraction of sp³-hybridized carbons (Fsp3) is 0.294. The van der Waals surface area contributed by atoms with Crippen LogP contribution in [0.15, 0.2) is 32.8 Å². The number of hydrogen-bond donors (Lipinski definition) is 1. The molecule has 1 N–H and O–H groups in total. The number of hydrogen-bond acceptors (Lipinski definition) is 7. The number of amides is 3. The topological polar surface area (TPSA) is 88.3 Å². The summed E-state index contributed by atoms with van der Waals surface area (Å²) in [5.74, 6) is 0.464. The molecular weight excluding hydrogens is 372 g/mol. The van der Waals surface area contributed by atoms with Gasteiger partial charge in [0.05, 0.1) is 0 Å². The molecule has 3 amide bonds. The summed E-state index contributed by atoms with van der Waals surface area (Å²) >= 11 is 3.17. The number of thiophene rings is 2. The second kappa shape index (κ2) is 5.75. The number of nitrogens with zero attached hydrogens (tertiary/aromatic N) is 3. The molecule has 132 valence electrons. The van der Waals surface area contributed by atoms with Crippen LogP contribution >= 0.6 is 22.7 Å². The third-order valence-electron chi connectivity index (χ3n) is 4.88. The minimum absolute atomic E-state index is 0.0248. The van der Waals surface area contributed by atoms with E-state index in [4.69, 9.17) is 4.52 Å². The lowest BCUT2D eigenvalue weighted by molar-refractivity contribution is -0.132. The first-order valence-corrected chi connectivity index (χ1v) is 10.1. The highest BCUT2D eigenvalue weighted by atomic mass is 32.1. The number of aryl methyl sites for hydroxylation is 1. The molecular formula is C17H14N4O3S2. The Kier molecular flexibility index (Phi) is 3.47. The van der Waals surface area contributed by atoms with E-state index in [1.54, 1.807) is 11.3 Å². The molecule has 26 heavy (non-hydrogen) atoms. The van der Waals surface area contributed by atoms with E-state index in [0.717, 1.165) is 24.0 Å². The van der Waals surface area contributed by atoms with Gasteiger partial charge in [0.2, 0.25) is 11.7 Å². The summed E-state index contributed by atoms with van der Waals surface area (Å²) in [7, 11) is 0. The predicted molar refractivity (Wildman–Crippen MR) is 95.6 cm³/mol. The summed E-state index contributed by atoms with van der Waals surface area (Å²) in [5, 5.41) is 12.7. The summed E-state index contributed by atoms with van der Waals surface area (Å²) in [6, 6.07) is 3.42. The van der Waals surface area contributed by atoms with Crippen molar-refractivity contribution in [2.24, 2.45) is 0 Å². The van der Waals surface area contributed by atoms with Crippen molar-refractivity contribution in [2.75, 3.05) is 0 Å². The second-order valence-electron chi connectivity index (χ2n) is 6.36. The van der Waals surface area contributed by atoms with Crippen LogP contribution in [0, 0.1) is 0 Å². The first-order valence-electron chi connectivity index (χ1n) is 8.23. The summed E-state index contributed by atoms with van der Waals surface area (Å²) in [4.78, 5) is 32.4. The lowest BCUT2D eigenvalue weighted by atomic mass is 9.80. The molecule has 3 aromatic heterocycles. The van der Waals surface area contributed by atoms with Crippen molar-refractivity contribution in [2.45, 2.75) is 31.3 Å². The molecule has 7 nitrogen and oxygen atoms in total. The molecule has 1 saturated heterocycles. The molecule has 1 aliphatic carbocycles. The van der Waals surface area contributed by atoms with Crippen molar-refractivity contribution >= 4 is 34.6 Å². The van der Waals surface area contributed by atoms with Crippen LogP contribution in [0.25, 0.3) is 11.4 Å². The first kappa shape index (κ1) is 15.7. The maximum atomic E-state index is 13.2. The Hall–Kier alpha value is -2.52. The van der Waals surface area contributed by atoms with Crippen LogP contribution in [-0.2, 0) is 23.3 Å². The number of aromatic nitrogens is 2. The van der Waals surface area contributed by atoms with Crippen molar-refractivity contribution in [3.8, 4) is 11.4 Å². The molecule has 4 heterocycles. The Labute approximate surface area is 156 Å². The molecule has 1 spiro atoms. The Morgan fingerprint density at radius 3 is 3.08 bits per heavy atom. The molecule has 2 aliphatic rings. The van der Waals surface area contributed by atoms with Crippen LogP contribution in [0.1, 0.15) is 29.2 Å². The van der Waals surface area contributed by atoms with Gasteiger partial charge in [-0.3, -0.25) is 9.69 Å².